The van der Waals surface area contributed by atoms with Crippen LogP contribution in [0.4, 0.5) is 11.4 Å². The molecule has 0 aliphatic heterocycles. The minimum atomic E-state index is -0.630. The van der Waals surface area contributed by atoms with E-state index in [1.165, 1.54) is 19.2 Å². The average Bonchev–Trinajstić information content (AvgIpc) is 3.30. The van der Waals surface area contributed by atoms with E-state index < -0.39 is 16.8 Å². The molecule has 0 fully saturated rings. The van der Waals surface area contributed by atoms with E-state index in [0.29, 0.717) is 16.9 Å². The summed E-state index contributed by atoms with van der Waals surface area (Å²) in [6.45, 7) is 0. The lowest BCUT2D eigenvalue weighted by molar-refractivity contribution is -0.384. The number of hydrogen-bond donors (Lipinski definition) is 2. The second kappa shape index (κ2) is 9.91. The van der Waals surface area contributed by atoms with Gasteiger partial charge in [0.1, 0.15) is 5.75 Å². The molecular formula is C26H23N3O5. The summed E-state index contributed by atoms with van der Waals surface area (Å²) in [7, 11) is 2.89. The number of H-pyrrole nitrogens is 1. The molecule has 0 aliphatic rings. The molecule has 4 aromatic rings. The van der Waals surface area contributed by atoms with Crippen molar-refractivity contribution < 1.29 is 19.2 Å². The number of nitrogens with zero attached hydrogens (tertiary/aromatic N) is 1. The first kappa shape index (κ1) is 22.6. The van der Waals surface area contributed by atoms with Crippen molar-refractivity contribution in [1.82, 2.24) is 4.98 Å². The monoisotopic (exact) mass is 457 g/mol. The highest BCUT2D eigenvalue weighted by Crippen LogP contribution is 2.38. The van der Waals surface area contributed by atoms with Crippen LogP contribution in [0.15, 0.2) is 90.8 Å². The summed E-state index contributed by atoms with van der Waals surface area (Å²) in [6, 6.07) is 21.2. The highest BCUT2D eigenvalue weighted by molar-refractivity contribution is 5.94. The molecule has 0 amide bonds. The molecule has 1 unspecified atom stereocenters. The number of para-hydroxylation sites is 1. The molecule has 3 aromatic carbocycles. The van der Waals surface area contributed by atoms with Crippen LogP contribution >= 0.6 is 0 Å². The fraction of sp³-hybridized carbons (Fsp3) is 0.115. The van der Waals surface area contributed by atoms with Crippen molar-refractivity contribution >= 4 is 28.2 Å². The lowest BCUT2D eigenvalue weighted by Crippen LogP contribution is -2.16. The van der Waals surface area contributed by atoms with Crippen molar-refractivity contribution in [2.45, 2.75) is 5.92 Å². The Morgan fingerprint density at radius 2 is 1.82 bits per heavy atom. The predicted octanol–water partition coefficient (Wildman–Crippen LogP) is 5.39. The van der Waals surface area contributed by atoms with E-state index in [1.54, 1.807) is 37.6 Å². The van der Waals surface area contributed by atoms with Gasteiger partial charge in [0.2, 0.25) is 0 Å². The second-order valence-electron chi connectivity index (χ2n) is 7.54. The molecule has 8 nitrogen and oxygen atoms in total. The van der Waals surface area contributed by atoms with Gasteiger partial charge in [-0.3, -0.25) is 10.1 Å². The van der Waals surface area contributed by atoms with E-state index in [0.717, 1.165) is 22.2 Å². The number of rotatable bonds is 8. The Morgan fingerprint density at radius 3 is 2.53 bits per heavy atom. The highest BCUT2D eigenvalue weighted by atomic mass is 16.6. The van der Waals surface area contributed by atoms with Crippen LogP contribution in [0, 0.1) is 10.1 Å². The maximum atomic E-state index is 13.0. The number of nitro benzene ring substituents is 1. The zero-order chi connectivity index (χ0) is 24.1. The minimum absolute atomic E-state index is 0.0605. The Morgan fingerprint density at radius 1 is 1.06 bits per heavy atom. The van der Waals surface area contributed by atoms with Crippen LogP contribution in [0.3, 0.4) is 0 Å². The smallest absolute Gasteiger partial charge is 0.336 e. The third-order valence-corrected chi connectivity index (χ3v) is 5.56. The number of aromatic amines is 1. The van der Waals surface area contributed by atoms with Crippen LogP contribution in [0.25, 0.3) is 10.9 Å². The van der Waals surface area contributed by atoms with Crippen LogP contribution in [-0.2, 0) is 9.53 Å². The van der Waals surface area contributed by atoms with Gasteiger partial charge in [0.15, 0.2) is 0 Å². The molecule has 0 bridgehead atoms. The highest BCUT2D eigenvalue weighted by Gasteiger charge is 2.29. The molecule has 1 aromatic heterocycles. The molecule has 8 heteroatoms. The summed E-state index contributed by atoms with van der Waals surface area (Å²) >= 11 is 0. The zero-order valence-corrected chi connectivity index (χ0v) is 18.6. The molecule has 2 N–H and O–H groups in total. The van der Waals surface area contributed by atoms with E-state index in [1.807, 2.05) is 42.6 Å². The van der Waals surface area contributed by atoms with Gasteiger partial charge in [-0.25, -0.2) is 4.79 Å². The van der Waals surface area contributed by atoms with Crippen molar-refractivity contribution in [2.24, 2.45) is 0 Å². The Kier molecular flexibility index (Phi) is 6.59. The minimum Gasteiger partial charge on any atom is -0.497 e. The lowest BCUT2D eigenvalue weighted by atomic mass is 9.84. The van der Waals surface area contributed by atoms with E-state index in [2.05, 4.69) is 10.3 Å². The summed E-state index contributed by atoms with van der Waals surface area (Å²) in [5.74, 6) is -0.479. The number of esters is 1. The summed E-state index contributed by atoms with van der Waals surface area (Å²) < 4.78 is 10.3. The Hall–Kier alpha value is -4.59. The quantitative estimate of drug-likeness (QED) is 0.159. The number of anilines is 1. The van der Waals surface area contributed by atoms with Crippen LogP contribution in [0.1, 0.15) is 17.0 Å². The van der Waals surface area contributed by atoms with Crippen LogP contribution in [-0.4, -0.2) is 30.1 Å². The number of non-ortho nitro benzene ring substituents is 1. The molecule has 172 valence electrons. The number of fused-ring (bicyclic) bond motifs is 1. The lowest BCUT2D eigenvalue weighted by Gasteiger charge is -2.20. The largest absolute Gasteiger partial charge is 0.497 e. The maximum absolute atomic E-state index is 13.0. The van der Waals surface area contributed by atoms with Crippen LogP contribution < -0.4 is 10.1 Å². The Bertz CT molecular complexity index is 1360. The van der Waals surface area contributed by atoms with Crippen molar-refractivity contribution in [3.63, 3.8) is 0 Å². The first-order chi connectivity index (χ1) is 16.5. The Balaban J connectivity index is 1.87. The third kappa shape index (κ3) is 4.61. The van der Waals surface area contributed by atoms with Gasteiger partial charge >= 0.3 is 5.97 Å². The fourth-order valence-electron chi connectivity index (χ4n) is 3.90. The van der Waals surface area contributed by atoms with Gasteiger partial charge in [-0.05, 0) is 41.5 Å². The third-order valence-electron chi connectivity index (χ3n) is 5.56. The standard InChI is InChI=1S/C26H23N3O5/c1-33-20-12-10-18(11-13-20)27-16-23(26(30)34-2)25(17-6-5-7-19(14-17)29(31)32)22-15-28-24-9-4-3-8-21(22)24/h3-16,25,27-28H,1-2H3/b23-16-. The molecule has 0 spiro atoms. The van der Waals surface area contributed by atoms with Crippen molar-refractivity contribution in [1.29, 1.82) is 0 Å². The van der Waals surface area contributed by atoms with E-state index in [4.69, 9.17) is 9.47 Å². The second-order valence-corrected chi connectivity index (χ2v) is 7.54. The van der Waals surface area contributed by atoms with Crippen molar-refractivity contribution in [2.75, 3.05) is 19.5 Å². The molecule has 0 saturated carbocycles. The van der Waals surface area contributed by atoms with Gasteiger partial charge < -0.3 is 19.8 Å². The topological polar surface area (TPSA) is 106 Å². The van der Waals surface area contributed by atoms with Gasteiger partial charge in [0, 0.05) is 47.0 Å². The molecule has 0 aliphatic carbocycles. The molecule has 0 radical (unpaired) electrons. The number of carbonyl (C=O) groups excluding carboxylic acids is 1. The van der Waals surface area contributed by atoms with Crippen molar-refractivity contribution in [3.8, 4) is 5.75 Å². The summed E-state index contributed by atoms with van der Waals surface area (Å²) in [5.41, 5.74) is 3.24. The molecule has 1 atom stereocenters. The Labute approximate surface area is 196 Å². The van der Waals surface area contributed by atoms with Crippen molar-refractivity contribution in [3.05, 3.63) is 112 Å². The number of carbonyl (C=O) groups is 1. The van der Waals surface area contributed by atoms with Gasteiger partial charge in [0.25, 0.3) is 5.69 Å². The van der Waals surface area contributed by atoms with E-state index >= 15 is 0 Å². The molecule has 1 heterocycles. The first-order valence-corrected chi connectivity index (χ1v) is 10.5. The summed E-state index contributed by atoms with van der Waals surface area (Å²) in [4.78, 5) is 27.2. The van der Waals surface area contributed by atoms with Gasteiger partial charge in [0.05, 0.1) is 24.7 Å². The van der Waals surface area contributed by atoms with Crippen LogP contribution in [0.2, 0.25) is 0 Å². The van der Waals surface area contributed by atoms with Crippen LogP contribution in [0.5, 0.6) is 5.75 Å². The molecule has 34 heavy (non-hydrogen) atoms. The molecule has 4 rings (SSSR count). The number of ether oxygens (including phenoxy) is 2. The van der Waals surface area contributed by atoms with E-state index in [9.17, 15) is 14.9 Å². The average molecular weight is 457 g/mol. The zero-order valence-electron chi connectivity index (χ0n) is 18.6. The predicted molar refractivity (Wildman–Crippen MR) is 130 cm³/mol. The number of methoxy groups -OCH3 is 2. The summed E-state index contributed by atoms with van der Waals surface area (Å²) in [5, 5.41) is 15.5. The molecule has 0 saturated heterocycles. The summed E-state index contributed by atoms with van der Waals surface area (Å²) in [6.07, 6.45) is 3.40. The number of nitrogens with one attached hydrogen (secondary N) is 2. The number of hydrogen-bond acceptors (Lipinski definition) is 6. The number of nitro groups is 1. The number of aromatic nitrogens is 1. The maximum Gasteiger partial charge on any atom is 0.336 e. The van der Waals surface area contributed by atoms with Gasteiger partial charge in [-0.15, -0.1) is 0 Å². The number of benzene rings is 3. The SMILES string of the molecule is COC(=O)/C(=C\Nc1ccc(OC)cc1)C(c1cccc([N+](=O)[O-])c1)c1c[nH]c2ccccc12. The first-order valence-electron chi connectivity index (χ1n) is 10.5. The normalized spacial score (nSPS) is 12.2. The molecular weight excluding hydrogens is 434 g/mol. The van der Waals surface area contributed by atoms with Gasteiger partial charge in [-0.2, -0.15) is 0 Å². The van der Waals surface area contributed by atoms with E-state index in [-0.39, 0.29) is 5.69 Å². The van der Waals surface area contributed by atoms with Gasteiger partial charge in [-0.1, -0.05) is 30.3 Å². The fourth-order valence-corrected chi connectivity index (χ4v) is 3.90.